The van der Waals surface area contributed by atoms with Crippen LogP contribution in [0.5, 0.6) is 0 Å². The third-order valence-corrected chi connectivity index (χ3v) is 2.95. The van der Waals surface area contributed by atoms with Gasteiger partial charge in [0.15, 0.2) is 0 Å². The van der Waals surface area contributed by atoms with Crippen LogP contribution in [0.2, 0.25) is 0 Å². The predicted octanol–water partition coefficient (Wildman–Crippen LogP) is 2.44. The molecule has 2 N–H and O–H groups in total. The van der Waals surface area contributed by atoms with Crippen LogP contribution < -0.4 is 10.6 Å². The molecule has 0 saturated heterocycles. The lowest BCUT2D eigenvalue weighted by atomic mass is 10.3. The Morgan fingerprint density at radius 1 is 1.25 bits per heavy atom. The number of nitrogens with zero attached hydrogens (tertiary/aromatic N) is 2. The SMILES string of the molecule is O=C(Nc1ccccc1F)c1cc(NC2CC2)ncn1. The van der Waals surface area contributed by atoms with Crippen molar-refractivity contribution in [3.63, 3.8) is 0 Å². The highest BCUT2D eigenvalue weighted by Crippen LogP contribution is 2.23. The molecule has 5 nitrogen and oxygen atoms in total. The molecule has 0 atom stereocenters. The summed E-state index contributed by atoms with van der Waals surface area (Å²) in [5.74, 6) is -0.330. The normalized spacial score (nSPS) is 13.8. The molecule has 0 spiro atoms. The van der Waals surface area contributed by atoms with Crippen molar-refractivity contribution in [2.24, 2.45) is 0 Å². The van der Waals surface area contributed by atoms with Crippen LogP contribution in [-0.4, -0.2) is 21.9 Å². The summed E-state index contributed by atoms with van der Waals surface area (Å²) in [6.45, 7) is 0. The van der Waals surface area contributed by atoms with E-state index in [1.807, 2.05) is 0 Å². The molecule has 0 bridgehead atoms. The number of carbonyl (C=O) groups excluding carboxylic acids is 1. The highest BCUT2D eigenvalue weighted by molar-refractivity contribution is 6.03. The van der Waals surface area contributed by atoms with Crippen molar-refractivity contribution in [3.05, 3.63) is 48.2 Å². The van der Waals surface area contributed by atoms with Gasteiger partial charge in [0, 0.05) is 12.1 Å². The van der Waals surface area contributed by atoms with E-state index in [2.05, 4.69) is 20.6 Å². The number of rotatable bonds is 4. The fraction of sp³-hybridized carbons (Fsp3) is 0.214. The summed E-state index contributed by atoms with van der Waals surface area (Å²) in [5.41, 5.74) is 0.333. The Kier molecular flexibility index (Phi) is 3.28. The number of amides is 1. The third kappa shape index (κ3) is 2.90. The number of aromatic nitrogens is 2. The van der Waals surface area contributed by atoms with Gasteiger partial charge in [0.2, 0.25) is 0 Å². The Morgan fingerprint density at radius 3 is 2.80 bits per heavy atom. The largest absolute Gasteiger partial charge is 0.367 e. The van der Waals surface area contributed by atoms with E-state index < -0.39 is 11.7 Å². The number of carbonyl (C=O) groups is 1. The number of anilines is 2. The highest BCUT2D eigenvalue weighted by atomic mass is 19.1. The molecule has 1 amide bonds. The molecule has 102 valence electrons. The smallest absolute Gasteiger partial charge is 0.274 e. The molecule has 20 heavy (non-hydrogen) atoms. The van der Waals surface area contributed by atoms with Crippen LogP contribution in [0.25, 0.3) is 0 Å². The van der Waals surface area contributed by atoms with E-state index in [1.54, 1.807) is 18.2 Å². The van der Waals surface area contributed by atoms with Gasteiger partial charge in [0.05, 0.1) is 5.69 Å². The molecule has 1 aromatic heterocycles. The quantitative estimate of drug-likeness (QED) is 0.897. The fourth-order valence-electron chi connectivity index (χ4n) is 1.75. The van der Waals surface area contributed by atoms with Gasteiger partial charge >= 0.3 is 0 Å². The van der Waals surface area contributed by atoms with Gasteiger partial charge < -0.3 is 10.6 Å². The molecule has 3 rings (SSSR count). The molecule has 1 aliphatic carbocycles. The van der Waals surface area contributed by atoms with Crippen LogP contribution in [0.15, 0.2) is 36.7 Å². The molecule has 1 heterocycles. The van der Waals surface area contributed by atoms with Crippen LogP contribution in [-0.2, 0) is 0 Å². The molecule has 0 aliphatic heterocycles. The first-order chi connectivity index (χ1) is 9.72. The first kappa shape index (κ1) is 12.5. The molecule has 6 heteroatoms. The summed E-state index contributed by atoms with van der Waals surface area (Å²) < 4.78 is 13.5. The number of halogens is 1. The summed E-state index contributed by atoms with van der Waals surface area (Å²) in [6.07, 6.45) is 3.54. The van der Waals surface area contributed by atoms with Crippen molar-refractivity contribution in [1.29, 1.82) is 0 Å². The summed E-state index contributed by atoms with van der Waals surface area (Å²) in [6, 6.07) is 8.00. The van der Waals surface area contributed by atoms with Crippen LogP contribution in [0, 0.1) is 5.82 Å². The minimum absolute atomic E-state index is 0.132. The second kappa shape index (κ2) is 5.24. The summed E-state index contributed by atoms with van der Waals surface area (Å²) in [7, 11) is 0. The number of benzene rings is 1. The monoisotopic (exact) mass is 272 g/mol. The topological polar surface area (TPSA) is 66.9 Å². The second-order valence-electron chi connectivity index (χ2n) is 4.64. The summed E-state index contributed by atoms with van der Waals surface area (Å²) in [4.78, 5) is 20.0. The van der Waals surface area contributed by atoms with Crippen LogP contribution in [0.1, 0.15) is 23.3 Å². The molecule has 2 aromatic rings. The van der Waals surface area contributed by atoms with Crippen molar-refractivity contribution < 1.29 is 9.18 Å². The van der Waals surface area contributed by atoms with Gasteiger partial charge in [-0.05, 0) is 25.0 Å². The minimum Gasteiger partial charge on any atom is -0.367 e. The van der Waals surface area contributed by atoms with Gasteiger partial charge in [-0.25, -0.2) is 14.4 Å². The van der Waals surface area contributed by atoms with Gasteiger partial charge in [-0.15, -0.1) is 0 Å². The minimum atomic E-state index is -0.480. The molecule has 0 unspecified atom stereocenters. The maximum absolute atomic E-state index is 13.5. The van der Waals surface area contributed by atoms with Gasteiger partial charge in [0.25, 0.3) is 5.91 Å². The second-order valence-corrected chi connectivity index (χ2v) is 4.64. The lowest BCUT2D eigenvalue weighted by molar-refractivity contribution is 0.102. The maximum atomic E-state index is 13.5. The van der Waals surface area contributed by atoms with Crippen molar-refractivity contribution >= 4 is 17.4 Å². The Morgan fingerprint density at radius 2 is 2.05 bits per heavy atom. The van der Waals surface area contributed by atoms with E-state index >= 15 is 0 Å². The first-order valence-corrected chi connectivity index (χ1v) is 6.37. The average molecular weight is 272 g/mol. The maximum Gasteiger partial charge on any atom is 0.274 e. The Balaban J connectivity index is 1.74. The molecule has 1 aliphatic rings. The highest BCUT2D eigenvalue weighted by Gasteiger charge is 2.21. The van der Waals surface area contributed by atoms with E-state index in [1.165, 1.54) is 18.5 Å². The van der Waals surface area contributed by atoms with E-state index in [4.69, 9.17) is 0 Å². The van der Waals surface area contributed by atoms with E-state index in [0.717, 1.165) is 12.8 Å². The summed E-state index contributed by atoms with van der Waals surface area (Å²) in [5, 5.41) is 5.67. The van der Waals surface area contributed by atoms with Gasteiger partial charge in [0.1, 0.15) is 23.7 Å². The van der Waals surface area contributed by atoms with Crippen LogP contribution >= 0.6 is 0 Å². The fourth-order valence-corrected chi connectivity index (χ4v) is 1.75. The predicted molar refractivity (Wildman–Crippen MR) is 73.0 cm³/mol. The van der Waals surface area contributed by atoms with Crippen LogP contribution in [0.3, 0.4) is 0 Å². The van der Waals surface area contributed by atoms with Gasteiger partial charge in [-0.1, -0.05) is 12.1 Å². The molecular formula is C14H13FN4O. The lowest BCUT2D eigenvalue weighted by Gasteiger charge is -2.07. The van der Waals surface area contributed by atoms with Gasteiger partial charge in [-0.3, -0.25) is 4.79 Å². The lowest BCUT2D eigenvalue weighted by Crippen LogP contribution is -2.15. The molecule has 0 radical (unpaired) electrons. The van der Waals surface area contributed by atoms with E-state index in [0.29, 0.717) is 11.9 Å². The number of nitrogens with one attached hydrogen (secondary N) is 2. The Labute approximate surface area is 115 Å². The van der Waals surface area contributed by atoms with E-state index in [9.17, 15) is 9.18 Å². The zero-order valence-corrected chi connectivity index (χ0v) is 10.6. The van der Waals surface area contributed by atoms with E-state index in [-0.39, 0.29) is 11.4 Å². The Bertz CT molecular complexity index is 643. The molecule has 1 saturated carbocycles. The number of hydrogen-bond donors (Lipinski definition) is 2. The van der Waals surface area contributed by atoms with Crippen LogP contribution in [0.4, 0.5) is 15.9 Å². The van der Waals surface area contributed by atoms with Crippen molar-refractivity contribution in [3.8, 4) is 0 Å². The summed E-state index contributed by atoms with van der Waals surface area (Å²) >= 11 is 0. The first-order valence-electron chi connectivity index (χ1n) is 6.37. The molecule has 1 aromatic carbocycles. The number of para-hydroxylation sites is 1. The zero-order valence-electron chi connectivity index (χ0n) is 10.6. The van der Waals surface area contributed by atoms with Crippen molar-refractivity contribution in [2.75, 3.05) is 10.6 Å². The number of hydrogen-bond acceptors (Lipinski definition) is 4. The van der Waals surface area contributed by atoms with Gasteiger partial charge in [-0.2, -0.15) is 0 Å². The Hall–Kier alpha value is -2.50. The van der Waals surface area contributed by atoms with Crippen molar-refractivity contribution in [2.45, 2.75) is 18.9 Å². The zero-order chi connectivity index (χ0) is 13.9. The standard InChI is InChI=1S/C14H13FN4O/c15-10-3-1-2-4-11(10)19-14(20)12-7-13(17-8-16-12)18-9-5-6-9/h1-4,7-9H,5-6H2,(H,19,20)(H,16,17,18). The molecular weight excluding hydrogens is 259 g/mol. The average Bonchev–Trinajstić information content (AvgIpc) is 3.25. The van der Waals surface area contributed by atoms with Crippen molar-refractivity contribution in [1.82, 2.24) is 9.97 Å². The molecule has 1 fully saturated rings. The third-order valence-electron chi connectivity index (χ3n) is 2.95.